The van der Waals surface area contributed by atoms with E-state index in [9.17, 15) is 0 Å². The lowest BCUT2D eigenvalue weighted by Crippen LogP contribution is -2.36. The maximum absolute atomic E-state index is 5.40. The number of halogens is 1. The first-order chi connectivity index (χ1) is 13.3. The van der Waals surface area contributed by atoms with Crippen molar-refractivity contribution in [1.82, 2.24) is 4.98 Å². The molecule has 27 heavy (non-hydrogen) atoms. The topological polar surface area (TPSA) is 49.8 Å². The van der Waals surface area contributed by atoms with Crippen molar-refractivity contribution in [2.24, 2.45) is 5.10 Å². The van der Waals surface area contributed by atoms with Crippen LogP contribution in [-0.4, -0.2) is 37.5 Å². The highest BCUT2D eigenvalue weighted by molar-refractivity contribution is 9.10. The van der Waals surface area contributed by atoms with Crippen LogP contribution in [-0.2, 0) is 4.74 Å². The fourth-order valence-corrected chi connectivity index (χ4v) is 3.77. The third-order valence-corrected chi connectivity index (χ3v) is 5.56. The van der Waals surface area contributed by atoms with Crippen LogP contribution >= 0.6 is 27.3 Å². The van der Waals surface area contributed by atoms with Crippen LogP contribution in [0.2, 0.25) is 0 Å². The van der Waals surface area contributed by atoms with E-state index < -0.39 is 0 Å². The van der Waals surface area contributed by atoms with Crippen LogP contribution in [0.1, 0.15) is 5.56 Å². The van der Waals surface area contributed by atoms with Gasteiger partial charge in [0.25, 0.3) is 0 Å². The van der Waals surface area contributed by atoms with Crippen molar-refractivity contribution in [2.45, 2.75) is 0 Å². The van der Waals surface area contributed by atoms with Crippen LogP contribution in [0.25, 0.3) is 11.3 Å². The Morgan fingerprint density at radius 1 is 1.07 bits per heavy atom. The zero-order valence-corrected chi connectivity index (χ0v) is 17.0. The number of hydrogen-bond donors (Lipinski definition) is 1. The summed E-state index contributed by atoms with van der Waals surface area (Å²) in [6, 6.07) is 16.5. The van der Waals surface area contributed by atoms with Crippen molar-refractivity contribution in [2.75, 3.05) is 36.6 Å². The zero-order valence-electron chi connectivity index (χ0n) is 14.6. The van der Waals surface area contributed by atoms with Gasteiger partial charge < -0.3 is 9.64 Å². The molecule has 7 heteroatoms. The standard InChI is InChI=1S/C20H19BrN4OS/c21-17-5-3-16(4-6-17)19-14-27-20(23-19)24-22-13-15-1-7-18(8-2-15)25-9-11-26-12-10-25/h1-8,13-14H,9-12H2,(H,23,24)/b22-13+. The number of benzene rings is 2. The van der Waals surface area contributed by atoms with Gasteiger partial charge in [0.15, 0.2) is 0 Å². The Bertz CT molecular complexity index is 902. The third-order valence-electron chi connectivity index (χ3n) is 4.29. The van der Waals surface area contributed by atoms with Crippen molar-refractivity contribution >= 4 is 44.3 Å². The van der Waals surface area contributed by atoms with E-state index in [1.165, 1.54) is 17.0 Å². The summed E-state index contributed by atoms with van der Waals surface area (Å²) in [5, 5.41) is 7.11. The Balaban J connectivity index is 1.35. The third kappa shape index (κ3) is 4.74. The predicted octanol–water partition coefficient (Wildman–Crippen LogP) is 4.86. The van der Waals surface area contributed by atoms with Gasteiger partial charge in [0.2, 0.25) is 5.13 Å². The molecule has 0 radical (unpaired) electrons. The molecule has 0 saturated carbocycles. The summed E-state index contributed by atoms with van der Waals surface area (Å²) in [6.07, 6.45) is 1.81. The summed E-state index contributed by atoms with van der Waals surface area (Å²) in [5.41, 5.74) is 7.32. The molecule has 1 aliphatic heterocycles. The highest BCUT2D eigenvalue weighted by Crippen LogP contribution is 2.26. The van der Waals surface area contributed by atoms with Crippen molar-refractivity contribution < 1.29 is 4.74 Å². The quantitative estimate of drug-likeness (QED) is 0.452. The summed E-state index contributed by atoms with van der Waals surface area (Å²) in [4.78, 5) is 6.91. The number of ether oxygens (including phenoxy) is 1. The molecule has 0 amide bonds. The van der Waals surface area contributed by atoms with Gasteiger partial charge in [-0.3, -0.25) is 5.43 Å². The van der Waals surface area contributed by atoms with Crippen molar-refractivity contribution in [1.29, 1.82) is 0 Å². The van der Waals surface area contributed by atoms with Gasteiger partial charge in [-0.1, -0.05) is 40.2 Å². The van der Waals surface area contributed by atoms with Gasteiger partial charge in [0.05, 0.1) is 25.1 Å². The van der Waals surface area contributed by atoms with Crippen LogP contribution in [0.5, 0.6) is 0 Å². The minimum Gasteiger partial charge on any atom is -0.378 e. The second-order valence-corrected chi connectivity index (χ2v) is 7.88. The summed E-state index contributed by atoms with van der Waals surface area (Å²) < 4.78 is 6.46. The molecule has 0 spiro atoms. The number of thiazole rings is 1. The molecule has 5 nitrogen and oxygen atoms in total. The Labute approximate surface area is 170 Å². The molecule has 1 saturated heterocycles. The minimum atomic E-state index is 0.772. The number of anilines is 2. The first-order valence-electron chi connectivity index (χ1n) is 8.71. The maximum Gasteiger partial charge on any atom is 0.203 e. The lowest BCUT2D eigenvalue weighted by Gasteiger charge is -2.28. The lowest BCUT2D eigenvalue weighted by atomic mass is 10.2. The minimum absolute atomic E-state index is 0.772. The molecule has 0 bridgehead atoms. The molecule has 1 fully saturated rings. The van der Waals surface area contributed by atoms with E-state index in [1.807, 2.05) is 35.9 Å². The van der Waals surface area contributed by atoms with E-state index in [4.69, 9.17) is 4.74 Å². The van der Waals surface area contributed by atoms with Crippen LogP contribution in [0.15, 0.2) is 63.5 Å². The molecule has 138 valence electrons. The molecule has 4 rings (SSSR count). The Kier molecular flexibility index (Phi) is 5.81. The van der Waals surface area contributed by atoms with E-state index in [-0.39, 0.29) is 0 Å². The largest absolute Gasteiger partial charge is 0.378 e. The first-order valence-corrected chi connectivity index (χ1v) is 10.4. The number of aromatic nitrogens is 1. The molecule has 3 aromatic rings. The Morgan fingerprint density at radius 3 is 2.56 bits per heavy atom. The molecule has 1 N–H and O–H groups in total. The van der Waals surface area contributed by atoms with Gasteiger partial charge in [-0.15, -0.1) is 11.3 Å². The summed E-state index contributed by atoms with van der Waals surface area (Å²) >= 11 is 4.99. The fourth-order valence-electron chi connectivity index (χ4n) is 2.83. The zero-order chi connectivity index (χ0) is 18.5. The molecule has 0 aliphatic carbocycles. The van der Waals surface area contributed by atoms with Gasteiger partial charge in [-0.05, 0) is 29.8 Å². The van der Waals surface area contributed by atoms with Crippen molar-refractivity contribution in [3.05, 3.63) is 63.9 Å². The van der Waals surface area contributed by atoms with Crippen LogP contribution < -0.4 is 10.3 Å². The number of morpholine rings is 1. The summed E-state index contributed by atoms with van der Waals surface area (Å²) in [6.45, 7) is 3.48. The van der Waals surface area contributed by atoms with Gasteiger partial charge in [-0.2, -0.15) is 5.10 Å². The number of nitrogens with zero attached hydrogens (tertiary/aromatic N) is 3. The lowest BCUT2D eigenvalue weighted by molar-refractivity contribution is 0.122. The normalized spacial score (nSPS) is 14.6. The number of rotatable bonds is 5. The predicted molar refractivity (Wildman–Crippen MR) is 116 cm³/mol. The van der Waals surface area contributed by atoms with Crippen LogP contribution in [0.4, 0.5) is 10.8 Å². The first kappa shape index (κ1) is 18.2. The van der Waals surface area contributed by atoms with E-state index in [2.05, 4.69) is 60.6 Å². The maximum atomic E-state index is 5.40. The van der Waals surface area contributed by atoms with E-state index in [0.29, 0.717) is 0 Å². The molecule has 2 heterocycles. The molecule has 1 aliphatic rings. The van der Waals surface area contributed by atoms with Gasteiger partial charge in [-0.25, -0.2) is 4.98 Å². The average Bonchev–Trinajstić information content (AvgIpc) is 3.19. The number of hydrogen-bond acceptors (Lipinski definition) is 6. The Morgan fingerprint density at radius 2 is 1.81 bits per heavy atom. The van der Waals surface area contributed by atoms with Crippen molar-refractivity contribution in [3.8, 4) is 11.3 Å². The van der Waals surface area contributed by atoms with Gasteiger partial charge >= 0.3 is 0 Å². The average molecular weight is 443 g/mol. The molecule has 0 unspecified atom stereocenters. The monoisotopic (exact) mass is 442 g/mol. The number of nitrogens with one attached hydrogen (secondary N) is 1. The fraction of sp³-hybridized carbons (Fsp3) is 0.200. The Hall–Kier alpha value is -2.22. The molecule has 0 atom stereocenters. The SMILES string of the molecule is Brc1ccc(-c2csc(N/N=C/c3ccc(N4CCOCC4)cc3)n2)cc1. The van der Waals surface area contributed by atoms with Crippen LogP contribution in [0, 0.1) is 0 Å². The van der Waals surface area contributed by atoms with Crippen molar-refractivity contribution in [3.63, 3.8) is 0 Å². The highest BCUT2D eigenvalue weighted by atomic mass is 79.9. The van der Waals surface area contributed by atoms with E-state index >= 15 is 0 Å². The van der Waals surface area contributed by atoms with Gasteiger partial charge in [0.1, 0.15) is 0 Å². The van der Waals surface area contributed by atoms with E-state index in [1.54, 1.807) is 0 Å². The van der Waals surface area contributed by atoms with Gasteiger partial charge in [0, 0.05) is 34.2 Å². The second kappa shape index (κ2) is 8.65. The molecular formula is C20H19BrN4OS. The van der Waals surface area contributed by atoms with Crippen LogP contribution in [0.3, 0.4) is 0 Å². The smallest absolute Gasteiger partial charge is 0.203 e. The molecule has 1 aromatic heterocycles. The van der Waals surface area contributed by atoms with E-state index in [0.717, 1.165) is 52.7 Å². The molecular weight excluding hydrogens is 424 g/mol. The number of hydrazone groups is 1. The summed E-state index contributed by atoms with van der Waals surface area (Å²) in [7, 11) is 0. The second-order valence-electron chi connectivity index (χ2n) is 6.11. The highest BCUT2D eigenvalue weighted by Gasteiger charge is 2.10. The molecule has 2 aromatic carbocycles. The summed E-state index contributed by atoms with van der Waals surface area (Å²) in [5.74, 6) is 0.